The first-order valence-corrected chi connectivity index (χ1v) is 7.33. The molecule has 1 aliphatic rings. The number of sulfonamides is 1. The van der Waals surface area contributed by atoms with Crippen LogP contribution in [0.4, 0.5) is 0 Å². The van der Waals surface area contributed by atoms with Crippen LogP contribution in [0.25, 0.3) is 0 Å². The molecule has 1 fully saturated rings. The molecule has 0 saturated carbocycles. The van der Waals surface area contributed by atoms with Crippen LogP contribution in [0.15, 0.2) is 23.2 Å². The Balaban J connectivity index is 2.08. The van der Waals surface area contributed by atoms with Crippen LogP contribution < -0.4 is 14.8 Å². The zero-order chi connectivity index (χ0) is 13.0. The Hall–Kier alpha value is -1.18. The number of piperidine rings is 1. The summed E-state index contributed by atoms with van der Waals surface area (Å²) in [6.45, 7) is 1.68. The third kappa shape index (κ3) is 3.18. The lowest BCUT2D eigenvalue weighted by molar-refractivity contribution is 0.397. The van der Waals surface area contributed by atoms with Crippen molar-refractivity contribution in [2.24, 2.45) is 0 Å². The number of ether oxygens (including phenoxy) is 1. The second-order valence-electron chi connectivity index (χ2n) is 4.18. The van der Waals surface area contributed by atoms with E-state index in [9.17, 15) is 8.42 Å². The first-order valence-electron chi connectivity index (χ1n) is 5.85. The largest absolute Gasteiger partial charge is 0.481 e. The van der Waals surface area contributed by atoms with Crippen molar-refractivity contribution < 1.29 is 13.2 Å². The first kappa shape index (κ1) is 13.3. The van der Waals surface area contributed by atoms with Gasteiger partial charge in [0.2, 0.25) is 15.9 Å². The molecule has 100 valence electrons. The molecule has 0 aliphatic carbocycles. The van der Waals surface area contributed by atoms with E-state index in [4.69, 9.17) is 4.74 Å². The highest BCUT2D eigenvalue weighted by atomic mass is 32.2. The Bertz CT molecular complexity index is 481. The van der Waals surface area contributed by atoms with Crippen molar-refractivity contribution in [3.63, 3.8) is 0 Å². The predicted octanol–water partition coefficient (Wildman–Crippen LogP) is 0.120. The van der Waals surface area contributed by atoms with Gasteiger partial charge in [-0.1, -0.05) is 0 Å². The topological polar surface area (TPSA) is 80.3 Å². The summed E-state index contributed by atoms with van der Waals surface area (Å²) >= 11 is 0. The molecule has 1 aromatic heterocycles. The van der Waals surface area contributed by atoms with E-state index in [0.717, 1.165) is 25.9 Å². The summed E-state index contributed by atoms with van der Waals surface area (Å²) in [5, 5.41) is 3.19. The molecule has 0 atom stereocenters. The lowest BCUT2D eigenvalue weighted by atomic mass is 10.1. The van der Waals surface area contributed by atoms with Crippen molar-refractivity contribution in [1.29, 1.82) is 0 Å². The third-order valence-electron chi connectivity index (χ3n) is 2.89. The van der Waals surface area contributed by atoms with E-state index in [1.807, 2.05) is 0 Å². The Morgan fingerprint density at radius 3 is 2.67 bits per heavy atom. The van der Waals surface area contributed by atoms with Crippen LogP contribution in [0.1, 0.15) is 12.8 Å². The molecule has 0 unspecified atom stereocenters. The quantitative estimate of drug-likeness (QED) is 0.813. The van der Waals surface area contributed by atoms with Gasteiger partial charge in [-0.2, -0.15) is 0 Å². The van der Waals surface area contributed by atoms with Gasteiger partial charge in [0.05, 0.1) is 13.3 Å². The van der Waals surface area contributed by atoms with Gasteiger partial charge in [0.25, 0.3) is 0 Å². The van der Waals surface area contributed by atoms with Gasteiger partial charge in [-0.3, -0.25) is 0 Å². The number of nitrogens with zero attached hydrogens (tertiary/aromatic N) is 1. The maximum Gasteiger partial charge on any atom is 0.242 e. The monoisotopic (exact) mass is 271 g/mol. The highest BCUT2D eigenvalue weighted by Gasteiger charge is 2.21. The Kier molecular flexibility index (Phi) is 4.15. The number of aromatic nitrogens is 1. The summed E-state index contributed by atoms with van der Waals surface area (Å²) in [6.07, 6.45) is 2.92. The average Bonchev–Trinajstić information content (AvgIpc) is 2.39. The van der Waals surface area contributed by atoms with Crippen molar-refractivity contribution in [2.75, 3.05) is 20.2 Å². The van der Waals surface area contributed by atoms with E-state index in [-0.39, 0.29) is 10.9 Å². The smallest absolute Gasteiger partial charge is 0.242 e. The van der Waals surface area contributed by atoms with Gasteiger partial charge >= 0.3 is 0 Å². The van der Waals surface area contributed by atoms with Crippen molar-refractivity contribution in [2.45, 2.75) is 23.8 Å². The standard InChI is InChI=1S/C11H17N3O3S/c1-17-11-3-2-10(8-13-11)18(15,16)14-9-4-6-12-7-5-9/h2-3,8-9,12,14H,4-7H2,1H3. The Morgan fingerprint density at radius 1 is 1.39 bits per heavy atom. The normalized spacial score (nSPS) is 17.6. The average molecular weight is 271 g/mol. The summed E-state index contributed by atoms with van der Waals surface area (Å²) in [5.41, 5.74) is 0. The predicted molar refractivity (Wildman–Crippen MR) is 67.0 cm³/mol. The minimum atomic E-state index is -3.48. The summed E-state index contributed by atoms with van der Waals surface area (Å²) < 4.78 is 31.8. The summed E-state index contributed by atoms with van der Waals surface area (Å²) in [5.74, 6) is 0.399. The molecule has 2 rings (SSSR count). The number of hydrogen-bond acceptors (Lipinski definition) is 5. The van der Waals surface area contributed by atoms with Crippen LogP contribution in [0, 0.1) is 0 Å². The fourth-order valence-corrected chi connectivity index (χ4v) is 3.12. The highest BCUT2D eigenvalue weighted by Crippen LogP contribution is 2.14. The number of methoxy groups -OCH3 is 1. The maximum atomic E-state index is 12.1. The van der Waals surface area contributed by atoms with Crippen molar-refractivity contribution in [1.82, 2.24) is 15.0 Å². The van der Waals surface area contributed by atoms with E-state index in [0.29, 0.717) is 5.88 Å². The molecule has 0 aromatic carbocycles. The van der Waals surface area contributed by atoms with E-state index < -0.39 is 10.0 Å². The van der Waals surface area contributed by atoms with Gasteiger partial charge in [-0.15, -0.1) is 0 Å². The zero-order valence-electron chi connectivity index (χ0n) is 10.2. The minimum Gasteiger partial charge on any atom is -0.481 e. The molecule has 2 heterocycles. The fraction of sp³-hybridized carbons (Fsp3) is 0.545. The molecule has 1 aromatic rings. The molecule has 18 heavy (non-hydrogen) atoms. The van der Waals surface area contributed by atoms with E-state index in [2.05, 4.69) is 15.0 Å². The van der Waals surface area contributed by atoms with Gasteiger partial charge in [0.1, 0.15) is 4.90 Å². The van der Waals surface area contributed by atoms with Gasteiger partial charge in [-0.05, 0) is 32.0 Å². The maximum absolute atomic E-state index is 12.1. The second kappa shape index (κ2) is 5.64. The summed E-state index contributed by atoms with van der Waals surface area (Å²) in [4.78, 5) is 4.07. The molecule has 0 spiro atoms. The van der Waals surface area contributed by atoms with Crippen LogP contribution in [0.2, 0.25) is 0 Å². The number of hydrogen-bond donors (Lipinski definition) is 2. The molecule has 0 radical (unpaired) electrons. The lowest BCUT2D eigenvalue weighted by Gasteiger charge is -2.23. The highest BCUT2D eigenvalue weighted by molar-refractivity contribution is 7.89. The van der Waals surface area contributed by atoms with Crippen molar-refractivity contribution >= 4 is 10.0 Å². The first-order chi connectivity index (χ1) is 8.62. The van der Waals surface area contributed by atoms with E-state index in [1.54, 1.807) is 0 Å². The molecular formula is C11H17N3O3S. The lowest BCUT2D eigenvalue weighted by Crippen LogP contribution is -2.42. The molecule has 6 nitrogen and oxygen atoms in total. The van der Waals surface area contributed by atoms with Gasteiger partial charge in [-0.25, -0.2) is 18.1 Å². The van der Waals surface area contributed by atoms with Crippen LogP contribution in [0.5, 0.6) is 5.88 Å². The number of pyridine rings is 1. The molecule has 1 aliphatic heterocycles. The third-order valence-corrected chi connectivity index (χ3v) is 4.40. The fourth-order valence-electron chi connectivity index (χ4n) is 1.87. The number of rotatable bonds is 4. The van der Waals surface area contributed by atoms with Crippen LogP contribution in [0.3, 0.4) is 0 Å². The SMILES string of the molecule is COc1ccc(S(=O)(=O)NC2CCNCC2)cn1. The van der Waals surface area contributed by atoms with Crippen LogP contribution in [-0.4, -0.2) is 39.6 Å². The Morgan fingerprint density at radius 2 is 2.11 bits per heavy atom. The van der Waals surface area contributed by atoms with Gasteiger partial charge in [0.15, 0.2) is 0 Å². The molecule has 2 N–H and O–H groups in total. The second-order valence-corrected chi connectivity index (χ2v) is 5.90. The molecule has 7 heteroatoms. The van der Waals surface area contributed by atoms with Crippen LogP contribution >= 0.6 is 0 Å². The molecule has 1 saturated heterocycles. The Labute approximate surface area is 107 Å². The summed E-state index contributed by atoms with van der Waals surface area (Å²) in [6, 6.07) is 3.03. The van der Waals surface area contributed by atoms with Crippen molar-refractivity contribution in [3.05, 3.63) is 18.3 Å². The zero-order valence-corrected chi connectivity index (χ0v) is 11.0. The van der Waals surface area contributed by atoms with E-state index in [1.165, 1.54) is 25.4 Å². The molecule has 0 amide bonds. The molecule has 0 bridgehead atoms. The minimum absolute atomic E-state index is 0.00153. The van der Waals surface area contributed by atoms with Gasteiger partial charge in [0, 0.05) is 12.1 Å². The summed E-state index contributed by atoms with van der Waals surface area (Å²) in [7, 11) is -1.99. The van der Waals surface area contributed by atoms with E-state index >= 15 is 0 Å². The molecular weight excluding hydrogens is 254 g/mol. The van der Waals surface area contributed by atoms with Crippen LogP contribution in [-0.2, 0) is 10.0 Å². The number of nitrogens with one attached hydrogen (secondary N) is 2. The van der Waals surface area contributed by atoms with Crippen molar-refractivity contribution in [3.8, 4) is 5.88 Å². The van der Waals surface area contributed by atoms with Gasteiger partial charge < -0.3 is 10.1 Å².